The minimum Gasteiger partial charge on any atom is -0.481 e. The van der Waals surface area contributed by atoms with E-state index in [2.05, 4.69) is 11.4 Å². The predicted octanol–water partition coefficient (Wildman–Crippen LogP) is 4.74. The van der Waals surface area contributed by atoms with Crippen molar-refractivity contribution in [1.82, 2.24) is 4.90 Å². The van der Waals surface area contributed by atoms with E-state index in [4.69, 9.17) is 27.9 Å². The number of anilines is 1. The molecule has 0 saturated carbocycles. The van der Waals surface area contributed by atoms with Crippen LogP contribution in [0.4, 0.5) is 5.69 Å². The van der Waals surface area contributed by atoms with Gasteiger partial charge in [-0.25, -0.2) is 0 Å². The van der Waals surface area contributed by atoms with Gasteiger partial charge in [0.1, 0.15) is 5.75 Å². The molecule has 1 N–H and O–H groups in total. The van der Waals surface area contributed by atoms with Crippen LogP contribution >= 0.6 is 23.2 Å². The number of hydrogen-bond donors (Lipinski definition) is 1. The maximum atomic E-state index is 12.8. The SMILES string of the molecule is CCN(CC(=O)Nc1c(Cl)cccc1Cl)C(=O)C(C)Oc1ccc2c(c1)CCC2. The molecule has 5 nitrogen and oxygen atoms in total. The zero-order valence-corrected chi connectivity index (χ0v) is 18.0. The molecule has 0 aromatic heterocycles. The molecule has 3 rings (SSSR count). The van der Waals surface area contributed by atoms with Crippen LogP contribution in [0.1, 0.15) is 31.4 Å². The fourth-order valence-electron chi connectivity index (χ4n) is 3.45. The fraction of sp³-hybridized carbons (Fsp3) is 0.364. The van der Waals surface area contributed by atoms with Crippen molar-refractivity contribution in [2.75, 3.05) is 18.4 Å². The Hall–Kier alpha value is -2.24. The zero-order chi connectivity index (χ0) is 21.0. The summed E-state index contributed by atoms with van der Waals surface area (Å²) >= 11 is 12.2. The van der Waals surface area contributed by atoms with E-state index in [9.17, 15) is 9.59 Å². The number of amides is 2. The third-order valence-electron chi connectivity index (χ3n) is 4.99. The van der Waals surface area contributed by atoms with Gasteiger partial charge in [0, 0.05) is 6.54 Å². The molecule has 1 aliphatic carbocycles. The first-order valence-corrected chi connectivity index (χ1v) is 10.5. The number of aryl methyl sites for hydroxylation is 2. The van der Waals surface area contributed by atoms with Crippen LogP contribution in [0.15, 0.2) is 36.4 Å². The zero-order valence-electron chi connectivity index (χ0n) is 16.5. The van der Waals surface area contributed by atoms with E-state index in [1.807, 2.05) is 19.1 Å². The number of rotatable bonds is 7. The highest BCUT2D eigenvalue weighted by molar-refractivity contribution is 6.39. The van der Waals surface area contributed by atoms with E-state index in [0.717, 1.165) is 19.3 Å². The van der Waals surface area contributed by atoms with E-state index in [1.54, 1.807) is 25.1 Å². The molecule has 0 heterocycles. The molecule has 0 fully saturated rings. The average Bonchev–Trinajstić information content (AvgIpc) is 3.16. The monoisotopic (exact) mass is 434 g/mol. The van der Waals surface area contributed by atoms with Gasteiger partial charge in [-0.1, -0.05) is 35.3 Å². The lowest BCUT2D eigenvalue weighted by Gasteiger charge is -2.24. The molecule has 2 aromatic carbocycles. The smallest absolute Gasteiger partial charge is 0.263 e. The van der Waals surface area contributed by atoms with Gasteiger partial charge in [-0.05, 0) is 68.5 Å². The summed E-state index contributed by atoms with van der Waals surface area (Å²) in [5.74, 6) is 0.0446. The van der Waals surface area contributed by atoms with Crippen molar-refractivity contribution in [3.8, 4) is 5.75 Å². The number of benzene rings is 2. The molecule has 1 atom stereocenters. The number of halogens is 2. The van der Waals surface area contributed by atoms with Gasteiger partial charge in [-0.15, -0.1) is 0 Å². The highest BCUT2D eigenvalue weighted by Gasteiger charge is 2.24. The Kier molecular flexibility index (Phi) is 7.04. The average molecular weight is 435 g/mol. The van der Waals surface area contributed by atoms with E-state index >= 15 is 0 Å². The third kappa shape index (κ3) is 5.22. The molecule has 1 unspecified atom stereocenters. The molecule has 2 amide bonds. The van der Waals surface area contributed by atoms with Crippen LogP contribution in [0.2, 0.25) is 10.0 Å². The molecular weight excluding hydrogens is 411 g/mol. The second-order valence-electron chi connectivity index (χ2n) is 7.04. The number of hydrogen-bond acceptors (Lipinski definition) is 3. The summed E-state index contributed by atoms with van der Waals surface area (Å²) in [6, 6.07) is 10.9. The van der Waals surface area contributed by atoms with Gasteiger partial charge < -0.3 is 15.0 Å². The molecule has 0 bridgehead atoms. The Morgan fingerprint density at radius 2 is 1.83 bits per heavy atom. The molecule has 29 heavy (non-hydrogen) atoms. The number of para-hydroxylation sites is 1. The second kappa shape index (κ2) is 9.51. The molecule has 0 aliphatic heterocycles. The predicted molar refractivity (Wildman–Crippen MR) is 116 cm³/mol. The highest BCUT2D eigenvalue weighted by Crippen LogP contribution is 2.30. The molecule has 0 saturated heterocycles. The normalized spacial score (nSPS) is 13.5. The molecule has 0 radical (unpaired) electrons. The fourth-order valence-corrected chi connectivity index (χ4v) is 3.94. The summed E-state index contributed by atoms with van der Waals surface area (Å²) < 4.78 is 5.86. The largest absolute Gasteiger partial charge is 0.481 e. The van der Waals surface area contributed by atoms with Crippen LogP contribution in [-0.2, 0) is 22.4 Å². The van der Waals surface area contributed by atoms with Crippen molar-refractivity contribution >= 4 is 40.7 Å². The van der Waals surface area contributed by atoms with Gasteiger partial charge in [0.15, 0.2) is 6.10 Å². The van der Waals surface area contributed by atoms with Crippen molar-refractivity contribution in [2.45, 2.75) is 39.2 Å². The lowest BCUT2D eigenvalue weighted by molar-refractivity contribution is -0.140. The van der Waals surface area contributed by atoms with E-state index in [1.165, 1.54) is 16.0 Å². The Balaban J connectivity index is 1.61. The Bertz CT molecular complexity index is 897. The van der Waals surface area contributed by atoms with Crippen LogP contribution in [0.3, 0.4) is 0 Å². The molecular formula is C22H24Cl2N2O3. The number of likely N-dealkylation sites (N-methyl/N-ethyl adjacent to an activating group) is 1. The van der Waals surface area contributed by atoms with Crippen LogP contribution < -0.4 is 10.1 Å². The first kappa shape index (κ1) is 21.5. The van der Waals surface area contributed by atoms with Crippen molar-refractivity contribution < 1.29 is 14.3 Å². The number of nitrogens with one attached hydrogen (secondary N) is 1. The number of nitrogens with zero attached hydrogens (tertiary/aromatic N) is 1. The molecule has 1 aliphatic rings. The summed E-state index contributed by atoms with van der Waals surface area (Å²) in [5.41, 5.74) is 2.97. The van der Waals surface area contributed by atoms with Crippen LogP contribution in [0.25, 0.3) is 0 Å². The number of carbonyl (C=O) groups excluding carboxylic acids is 2. The summed E-state index contributed by atoms with van der Waals surface area (Å²) in [4.78, 5) is 26.7. The Morgan fingerprint density at radius 3 is 2.52 bits per heavy atom. The van der Waals surface area contributed by atoms with E-state index in [-0.39, 0.29) is 18.4 Å². The van der Waals surface area contributed by atoms with Gasteiger partial charge in [-0.3, -0.25) is 9.59 Å². The molecule has 2 aromatic rings. The molecule has 7 heteroatoms. The second-order valence-corrected chi connectivity index (χ2v) is 7.86. The van der Waals surface area contributed by atoms with E-state index in [0.29, 0.717) is 28.0 Å². The van der Waals surface area contributed by atoms with Crippen molar-refractivity contribution in [3.05, 3.63) is 57.6 Å². The van der Waals surface area contributed by atoms with E-state index < -0.39 is 6.10 Å². The summed E-state index contributed by atoms with van der Waals surface area (Å²) in [7, 11) is 0. The van der Waals surface area contributed by atoms with Crippen molar-refractivity contribution in [1.29, 1.82) is 0 Å². The quantitative estimate of drug-likeness (QED) is 0.684. The standard InChI is InChI=1S/C22H24Cl2N2O3/c1-3-26(13-20(27)25-21-18(23)8-5-9-19(21)24)22(28)14(2)29-17-11-10-15-6-4-7-16(15)12-17/h5,8-12,14H,3-4,6-7,13H2,1-2H3,(H,25,27). The lowest BCUT2D eigenvalue weighted by atomic mass is 10.1. The van der Waals surface area contributed by atoms with Gasteiger partial charge >= 0.3 is 0 Å². The third-order valence-corrected chi connectivity index (χ3v) is 5.62. The maximum Gasteiger partial charge on any atom is 0.263 e. The van der Waals surface area contributed by atoms with Gasteiger partial charge in [0.05, 0.1) is 22.3 Å². The van der Waals surface area contributed by atoms with Gasteiger partial charge in [0.2, 0.25) is 5.91 Å². The lowest BCUT2D eigenvalue weighted by Crippen LogP contribution is -2.44. The minimum atomic E-state index is -0.703. The first-order chi connectivity index (χ1) is 13.9. The molecule has 154 valence electrons. The summed E-state index contributed by atoms with van der Waals surface area (Å²) in [6.07, 6.45) is 2.59. The number of fused-ring (bicyclic) bond motifs is 1. The summed E-state index contributed by atoms with van der Waals surface area (Å²) in [5, 5.41) is 3.36. The molecule has 0 spiro atoms. The first-order valence-electron chi connectivity index (χ1n) is 9.70. The van der Waals surface area contributed by atoms with Crippen molar-refractivity contribution in [2.24, 2.45) is 0 Å². The number of ether oxygens (including phenoxy) is 1. The van der Waals surface area contributed by atoms with Gasteiger partial charge in [0.25, 0.3) is 5.91 Å². The van der Waals surface area contributed by atoms with Crippen LogP contribution in [0.5, 0.6) is 5.75 Å². The number of carbonyl (C=O) groups is 2. The topological polar surface area (TPSA) is 58.6 Å². The maximum absolute atomic E-state index is 12.8. The Labute approximate surface area is 180 Å². The highest BCUT2D eigenvalue weighted by atomic mass is 35.5. The van der Waals surface area contributed by atoms with Crippen LogP contribution in [0, 0.1) is 0 Å². The van der Waals surface area contributed by atoms with Crippen molar-refractivity contribution in [3.63, 3.8) is 0 Å². The minimum absolute atomic E-state index is 0.116. The Morgan fingerprint density at radius 1 is 1.14 bits per heavy atom. The van der Waals surface area contributed by atoms with Crippen LogP contribution in [-0.4, -0.2) is 35.9 Å². The summed E-state index contributed by atoms with van der Waals surface area (Å²) in [6.45, 7) is 3.77. The van der Waals surface area contributed by atoms with Gasteiger partial charge in [-0.2, -0.15) is 0 Å².